The van der Waals surface area contributed by atoms with Crippen LogP contribution in [0.2, 0.25) is 0 Å². The molecule has 0 bridgehead atoms. The Morgan fingerprint density at radius 1 is 0.939 bits per heavy atom. The summed E-state index contributed by atoms with van der Waals surface area (Å²) in [5.74, 6) is -0.672. The van der Waals surface area contributed by atoms with Crippen LogP contribution in [0.25, 0.3) is 6.08 Å². The summed E-state index contributed by atoms with van der Waals surface area (Å²) in [7, 11) is 2.13. The van der Waals surface area contributed by atoms with Crippen molar-refractivity contribution in [2.45, 2.75) is 6.92 Å². The van der Waals surface area contributed by atoms with Crippen LogP contribution in [-0.4, -0.2) is 49.9 Å². The fourth-order valence-electron chi connectivity index (χ4n) is 3.71. The van der Waals surface area contributed by atoms with Crippen LogP contribution in [0.3, 0.4) is 0 Å². The first-order valence-corrected chi connectivity index (χ1v) is 11.8. The number of benzene rings is 2. The van der Waals surface area contributed by atoms with Gasteiger partial charge in [-0.3, -0.25) is 9.59 Å². The fraction of sp³-hybridized carbons (Fsp3) is 0.231. The molecule has 4 rings (SSSR count). The number of thiophene rings is 1. The lowest BCUT2D eigenvalue weighted by Gasteiger charge is -2.34. The first-order valence-electron chi connectivity index (χ1n) is 11.0. The number of rotatable bonds is 6. The predicted octanol–water partition coefficient (Wildman–Crippen LogP) is 4.22. The van der Waals surface area contributed by atoms with E-state index in [1.54, 1.807) is 12.1 Å². The number of likely N-dealkylation sites (N-methyl/N-ethyl adjacent to an activating group) is 1. The number of carbonyl (C=O) groups is 2. The normalized spacial score (nSPS) is 14.7. The molecule has 2 heterocycles. The van der Waals surface area contributed by atoms with Crippen molar-refractivity contribution in [1.82, 2.24) is 10.2 Å². The molecule has 3 aromatic rings. The van der Waals surface area contributed by atoms with Gasteiger partial charge in [-0.25, -0.2) is 0 Å². The molecule has 0 aliphatic carbocycles. The highest BCUT2D eigenvalue weighted by atomic mass is 32.1. The molecule has 1 aliphatic heterocycles. The summed E-state index contributed by atoms with van der Waals surface area (Å²) in [4.78, 5) is 31.5. The Balaban J connectivity index is 1.48. The van der Waals surface area contributed by atoms with Gasteiger partial charge in [0.2, 0.25) is 0 Å². The quantitative estimate of drug-likeness (QED) is 0.541. The molecule has 0 atom stereocenters. The highest BCUT2D eigenvalue weighted by molar-refractivity contribution is 7.10. The molecule has 6 nitrogen and oxygen atoms in total. The number of amides is 2. The van der Waals surface area contributed by atoms with Gasteiger partial charge >= 0.3 is 0 Å². The molecule has 2 aromatic carbocycles. The van der Waals surface area contributed by atoms with E-state index in [1.165, 1.54) is 11.3 Å². The maximum Gasteiger partial charge on any atom is 0.272 e. The Hall–Kier alpha value is -3.42. The van der Waals surface area contributed by atoms with Gasteiger partial charge in [0.05, 0.1) is 0 Å². The van der Waals surface area contributed by atoms with Crippen LogP contribution in [-0.2, 0) is 4.79 Å². The third-order valence-electron chi connectivity index (χ3n) is 5.71. The van der Waals surface area contributed by atoms with E-state index in [0.717, 1.165) is 42.3 Å². The third-order valence-corrected chi connectivity index (χ3v) is 6.53. The van der Waals surface area contributed by atoms with Crippen LogP contribution >= 0.6 is 11.3 Å². The Labute approximate surface area is 198 Å². The van der Waals surface area contributed by atoms with Crippen LogP contribution in [0.1, 0.15) is 20.8 Å². The lowest BCUT2D eigenvalue weighted by Crippen LogP contribution is -2.44. The predicted molar refractivity (Wildman–Crippen MR) is 136 cm³/mol. The highest BCUT2D eigenvalue weighted by Crippen LogP contribution is 2.20. The average Bonchev–Trinajstić information content (AvgIpc) is 3.33. The van der Waals surface area contributed by atoms with Crippen molar-refractivity contribution in [3.63, 3.8) is 0 Å². The summed E-state index contributed by atoms with van der Waals surface area (Å²) in [6, 6.07) is 19.0. The van der Waals surface area contributed by atoms with Crippen molar-refractivity contribution >= 4 is 40.6 Å². The van der Waals surface area contributed by atoms with Gasteiger partial charge in [0.1, 0.15) is 5.70 Å². The van der Waals surface area contributed by atoms with Gasteiger partial charge in [-0.05, 0) is 67.4 Å². The highest BCUT2D eigenvalue weighted by Gasteiger charge is 2.17. The van der Waals surface area contributed by atoms with Crippen molar-refractivity contribution in [3.05, 3.63) is 87.7 Å². The molecule has 0 unspecified atom stereocenters. The minimum Gasteiger partial charge on any atom is -0.369 e. The SMILES string of the molecule is Cc1ccccc1C(=O)N/C(=C\c1cccs1)C(=O)Nc1ccc(N2CCN(C)CC2)cc1. The van der Waals surface area contributed by atoms with Crippen molar-refractivity contribution in [2.75, 3.05) is 43.4 Å². The number of nitrogens with zero attached hydrogens (tertiary/aromatic N) is 2. The van der Waals surface area contributed by atoms with E-state index in [2.05, 4.69) is 27.5 Å². The van der Waals surface area contributed by atoms with Crippen molar-refractivity contribution < 1.29 is 9.59 Å². The van der Waals surface area contributed by atoms with Crippen LogP contribution in [0.15, 0.2) is 71.7 Å². The van der Waals surface area contributed by atoms with Crippen LogP contribution in [0, 0.1) is 6.92 Å². The van der Waals surface area contributed by atoms with Gasteiger partial charge in [0.25, 0.3) is 11.8 Å². The molecule has 33 heavy (non-hydrogen) atoms. The molecule has 1 fully saturated rings. The molecule has 1 aliphatic rings. The minimum absolute atomic E-state index is 0.203. The Morgan fingerprint density at radius 2 is 1.67 bits per heavy atom. The molecular formula is C26H28N4O2S. The fourth-order valence-corrected chi connectivity index (χ4v) is 4.37. The summed E-state index contributed by atoms with van der Waals surface area (Å²) < 4.78 is 0. The van der Waals surface area contributed by atoms with E-state index in [0.29, 0.717) is 11.3 Å². The van der Waals surface area contributed by atoms with Gasteiger partial charge < -0.3 is 20.4 Å². The lowest BCUT2D eigenvalue weighted by atomic mass is 10.1. The summed E-state index contributed by atoms with van der Waals surface area (Å²) in [6.45, 7) is 5.92. The summed E-state index contributed by atoms with van der Waals surface area (Å²) in [5, 5.41) is 7.65. The van der Waals surface area contributed by atoms with Crippen LogP contribution < -0.4 is 15.5 Å². The zero-order chi connectivity index (χ0) is 23.2. The minimum atomic E-state index is -0.363. The summed E-state index contributed by atoms with van der Waals surface area (Å²) in [6.07, 6.45) is 1.70. The maximum atomic E-state index is 13.1. The molecule has 1 aromatic heterocycles. The Kier molecular flexibility index (Phi) is 7.22. The van der Waals surface area contributed by atoms with Crippen LogP contribution in [0.4, 0.5) is 11.4 Å². The molecule has 2 amide bonds. The molecule has 7 heteroatoms. The Morgan fingerprint density at radius 3 is 2.33 bits per heavy atom. The second kappa shape index (κ2) is 10.5. The smallest absolute Gasteiger partial charge is 0.272 e. The zero-order valence-corrected chi connectivity index (χ0v) is 19.7. The second-order valence-electron chi connectivity index (χ2n) is 8.13. The lowest BCUT2D eigenvalue weighted by molar-refractivity contribution is -0.113. The molecule has 0 saturated carbocycles. The number of hydrogen-bond donors (Lipinski definition) is 2. The zero-order valence-electron chi connectivity index (χ0n) is 18.9. The molecule has 1 saturated heterocycles. The largest absolute Gasteiger partial charge is 0.369 e. The monoisotopic (exact) mass is 460 g/mol. The number of aryl methyl sites for hydroxylation is 1. The molecule has 0 radical (unpaired) electrons. The van der Waals surface area contributed by atoms with Gasteiger partial charge in [-0.1, -0.05) is 24.3 Å². The van der Waals surface area contributed by atoms with E-state index < -0.39 is 0 Å². The number of piperazine rings is 1. The van der Waals surface area contributed by atoms with Crippen molar-refractivity contribution in [3.8, 4) is 0 Å². The van der Waals surface area contributed by atoms with Gasteiger partial charge in [0.15, 0.2) is 0 Å². The van der Waals surface area contributed by atoms with E-state index in [1.807, 2.05) is 66.9 Å². The summed E-state index contributed by atoms with van der Waals surface area (Å²) >= 11 is 1.50. The van der Waals surface area contributed by atoms with E-state index in [9.17, 15) is 9.59 Å². The number of hydrogen-bond acceptors (Lipinski definition) is 5. The number of anilines is 2. The molecule has 0 spiro atoms. The maximum absolute atomic E-state index is 13.1. The van der Waals surface area contributed by atoms with Crippen molar-refractivity contribution in [1.29, 1.82) is 0 Å². The number of carbonyl (C=O) groups excluding carboxylic acids is 2. The van der Waals surface area contributed by atoms with Gasteiger partial charge in [0, 0.05) is 48.0 Å². The third kappa shape index (κ3) is 5.88. The molecule has 2 N–H and O–H groups in total. The summed E-state index contributed by atoms with van der Waals surface area (Å²) in [5.41, 5.74) is 3.42. The standard InChI is InChI=1S/C26H28N4O2S/c1-19-6-3-4-8-23(19)25(31)28-24(18-22-7-5-17-33-22)26(32)27-20-9-11-21(12-10-20)30-15-13-29(2)14-16-30/h3-12,17-18H,13-16H2,1-2H3,(H,27,32)(H,28,31)/b24-18-. The topological polar surface area (TPSA) is 64.7 Å². The first kappa shape index (κ1) is 22.8. The van der Waals surface area contributed by atoms with Crippen molar-refractivity contribution in [2.24, 2.45) is 0 Å². The average molecular weight is 461 g/mol. The van der Waals surface area contributed by atoms with Crippen LogP contribution in [0.5, 0.6) is 0 Å². The second-order valence-corrected chi connectivity index (χ2v) is 9.11. The number of nitrogens with one attached hydrogen (secondary N) is 2. The first-order chi connectivity index (χ1) is 16.0. The Bertz CT molecular complexity index is 1130. The van der Waals surface area contributed by atoms with E-state index in [-0.39, 0.29) is 17.5 Å². The van der Waals surface area contributed by atoms with Gasteiger partial charge in [-0.2, -0.15) is 0 Å². The van der Waals surface area contributed by atoms with E-state index in [4.69, 9.17) is 0 Å². The van der Waals surface area contributed by atoms with Gasteiger partial charge in [-0.15, -0.1) is 11.3 Å². The molecule has 170 valence electrons. The van der Waals surface area contributed by atoms with E-state index >= 15 is 0 Å². The molecular weight excluding hydrogens is 432 g/mol.